The van der Waals surface area contributed by atoms with E-state index < -0.39 is 0 Å². The van der Waals surface area contributed by atoms with Crippen LogP contribution in [0, 0.1) is 18.8 Å². The fourth-order valence-electron chi connectivity index (χ4n) is 8.59. The van der Waals surface area contributed by atoms with Gasteiger partial charge < -0.3 is 5.73 Å². The maximum absolute atomic E-state index is 6.41. The van der Waals surface area contributed by atoms with Crippen LogP contribution >= 0.6 is 0 Å². The Kier molecular flexibility index (Phi) is 13.1. The molecule has 1 nitrogen and oxygen atoms in total. The van der Waals surface area contributed by atoms with Gasteiger partial charge in [0.05, 0.1) is 0 Å². The molecule has 0 aliphatic heterocycles. The van der Waals surface area contributed by atoms with Crippen LogP contribution in [-0.2, 0) is 6.42 Å². The van der Waals surface area contributed by atoms with Crippen LogP contribution in [0.25, 0.3) is 27.8 Å². The zero-order valence-corrected chi connectivity index (χ0v) is 35.5. The second-order valence-electron chi connectivity index (χ2n) is 16.9. The average molecular weight is 760 g/mol. The van der Waals surface area contributed by atoms with Crippen LogP contribution in [0.15, 0.2) is 169 Å². The largest absolute Gasteiger partial charge is 0.398 e. The van der Waals surface area contributed by atoms with E-state index in [9.17, 15) is 0 Å². The molecule has 0 amide bonds. The van der Waals surface area contributed by atoms with Crippen LogP contribution in [0.5, 0.6) is 0 Å². The molecule has 6 aromatic rings. The predicted octanol–water partition coefficient (Wildman–Crippen LogP) is 15.5. The third kappa shape index (κ3) is 9.71. The van der Waals surface area contributed by atoms with Gasteiger partial charge in [0.15, 0.2) is 0 Å². The minimum atomic E-state index is 0.385. The number of hydrogen-bond donors (Lipinski definition) is 1. The Morgan fingerprint density at radius 3 is 2.05 bits per heavy atom. The summed E-state index contributed by atoms with van der Waals surface area (Å²) in [5.74, 6) is 1.90. The Morgan fingerprint density at radius 1 is 0.672 bits per heavy atom. The van der Waals surface area contributed by atoms with Gasteiger partial charge in [0.1, 0.15) is 0 Å². The molecule has 0 radical (unpaired) electrons. The van der Waals surface area contributed by atoms with Crippen LogP contribution in [0.4, 0.5) is 5.69 Å². The number of hydrogen-bond acceptors (Lipinski definition) is 1. The van der Waals surface area contributed by atoms with Crippen LogP contribution < -0.4 is 5.73 Å². The van der Waals surface area contributed by atoms with E-state index >= 15 is 0 Å². The molecular formula is C57H61N. The van der Waals surface area contributed by atoms with Crippen molar-refractivity contribution in [1.82, 2.24) is 0 Å². The van der Waals surface area contributed by atoms with Crippen LogP contribution in [-0.4, -0.2) is 0 Å². The Balaban J connectivity index is 1.16. The fourth-order valence-corrected chi connectivity index (χ4v) is 8.59. The van der Waals surface area contributed by atoms with Crippen molar-refractivity contribution >= 4 is 22.4 Å². The Bertz CT molecular complexity index is 2410. The summed E-state index contributed by atoms with van der Waals surface area (Å²) in [6.07, 6.45) is 10.4. The van der Waals surface area contributed by atoms with E-state index in [0.717, 1.165) is 24.9 Å². The molecule has 1 heteroatoms. The van der Waals surface area contributed by atoms with Gasteiger partial charge in [-0.1, -0.05) is 178 Å². The van der Waals surface area contributed by atoms with Gasteiger partial charge in [-0.2, -0.15) is 0 Å². The van der Waals surface area contributed by atoms with Gasteiger partial charge in [-0.15, -0.1) is 0 Å². The Labute approximate surface area is 349 Å². The van der Waals surface area contributed by atoms with Crippen molar-refractivity contribution in [1.29, 1.82) is 0 Å². The first-order valence-electron chi connectivity index (χ1n) is 21.5. The lowest BCUT2D eigenvalue weighted by molar-refractivity contribution is 0.494. The molecule has 2 unspecified atom stereocenters. The van der Waals surface area contributed by atoms with E-state index in [-0.39, 0.29) is 0 Å². The van der Waals surface area contributed by atoms with Crippen molar-refractivity contribution < 1.29 is 0 Å². The van der Waals surface area contributed by atoms with Gasteiger partial charge >= 0.3 is 0 Å². The highest BCUT2D eigenvalue weighted by Crippen LogP contribution is 2.44. The first kappa shape index (κ1) is 40.5. The molecule has 294 valence electrons. The third-order valence-corrected chi connectivity index (χ3v) is 12.8. The predicted molar refractivity (Wildman–Crippen MR) is 252 cm³/mol. The summed E-state index contributed by atoms with van der Waals surface area (Å²) < 4.78 is 0. The summed E-state index contributed by atoms with van der Waals surface area (Å²) in [6.45, 7) is 14.0. The number of aryl methyl sites for hydroxylation is 2. The molecule has 6 aromatic carbocycles. The van der Waals surface area contributed by atoms with Crippen LogP contribution in [0.2, 0.25) is 0 Å². The number of allylic oxidation sites excluding steroid dienone is 5. The maximum Gasteiger partial charge on any atom is 0.0349 e. The molecule has 7 rings (SSSR count). The van der Waals surface area contributed by atoms with E-state index in [1.807, 2.05) is 12.1 Å². The molecule has 1 aliphatic rings. The summed E-state index contributed by atoms with van der Waals surface area (Å²) in [6, 6.07) is 55.5. The van der Waals surface area contributed by atoms with Crippen molar-refractivity contribution in [3.63, 3.8) is 0 Å². The molecule has 1 saturated carbocycles. The average Bonchev–Trinajstić information content (AvgIpc) is 4.12. The lowest BCUT2D eigenvalue weighted by Crippen LogP contribution is -2.06. The van der Waals surface area contributed by atoms with Gasteiger partial charge in [0, 0.05) is 5.69 Å². The smallest absolute Gasteiger partial charge is 0.0349 e. The highest BCUT2D eigenvalue weighted by Gasteiger charge is 2.28. The van der Waals surface area contributed by atoms with Gasteiger partial charge in [-0.05, 0) is 161 Å². The molecule has 1 fully saturated rings. The van der Waals surface area contributed by atoms with E-state index in [2.05, 4.69) is 193 Å². The topological polar surface area (TPSA) is 26.0 Å². The van der Waals surface area contributed by atoms with Crippen molar-refractivity contribution in [2.24, 2.45) is 11.8 Å². The second kappa shape index (κ2) is 18.7. The monoisotopic (exact) mass is 759 g/mol. The normalized spacial score (nSPS) is 15.4. The molecule has 0 saturated heterocycles. The van der Waals surface area contributed by atoms with Crippen LogP contribution in [0.3, 0.4) is 0 Å². The van der Waals surface area contributed by atoms with Gasteiger partial charge in [-0.25, -0.2) is 0 Å². The fraction of sp³-hybridized carbons (Fsp3) is 0.263. The summed E-state index contributed by atoms with van der Waals surface area (Å²) in [5.41, 5.74) is 26.0. The van der Waals surface area contributed by atoms with E-state index in [1.54, 1.807) is 0 Å². The molecule has 0 spiro atoms. The maximum atomic E-state index is 6.41. The van der Waals surface area contributed by atoms with E-state index in [4.69, 9.17) is 5.73 Å². The molecule has 0 aromatic heterocycles. The van der Waals surface area contributed by atoms with Crippen molar-refractivity contribution in [3.8, 4) is 11.1 Å². The first-order valence-corrected chi connectivity index (χ1v) is 21.5. The first-order chi connectivity index (χ1) is 28.2. The minimum absolute atomic E-state index is 0.385. The lowest BCUT2D eigenvalue weighted by Gasteiger charge is -2.22. The number of nitrogen functional groups attached to an aromatic ring is 1. The lowest BCUT2D eigenvalue weighted by atomic mass is 9.82. The molecule has 2 N–H and O–H groups in total. The second-order valence-corrected chi connectivity index (χ2v) is 16.9. The van der Waals surface area contributed by atoms with Crippen molar-refractivity contribution in [3.05, 3.63) is 214 Å². The molecule has 3 atom stereocenters. The zero-order chi connectivity index (χ0) is 40.6. The number of anilines is 1. The highest BCUT2D eigenvalue weighted by molar-refractivity contribution is 5.87. The van der Waals surface area contributed by atoms with Crippen molar-refractivity contribution in [2.45, 2.75) is 85.5 Å². The van der Waals surface area contributed by atoms with Crippen LogP contribution in [0.1, 0.15) is 117 Å². The van der Waals surface area contributed by atoms with E-state index in [1.165, 1.54) is 90.8 Å². The van der Waals surface area contributed by atoms with Gasteiger partial charge in [0.2, 0.25) is 0 Å². The Morgan fingerprint density at radius 2 is 1.33 bits per heavy atom. The molecule has 0 heterocycles. The van der Waals surface area contributed by atoms with E-state index in [0.29, 0.717) is 23.7 Å². The van der Waals surface area contributed by atoms with Gasteiger partial charge in [0.25, 0.3) is 0 Å². The molecule has 0 bridgehead atoms. The SMILES string of the molecule is C/C(=C\C(=C\C[C@@H](C)C(C)c1cccc(-c2ccc(C)c(/C(=C(/C)C3CC3)c3ccccc3CCC(C)c3ccccc3N)c2)c1)c1ccccc1)c1ccccc1. The van der Waals surface area contributed by atoms with Crippen molar-refractivity contribution in [2.75, 3.05) is 5.73 Å². The standard InChI is InChI=1S/C57H61N/c1-39(28-32-51(47-20-11-8-12-21-47)36-42(4)45-18-9-7-10-19-45)43(5)49-23-17-24-50(37-49)52-33-30-41(3)55(38-52)57(44(6)46-34-35-46)54-26-14-13-22-48(54)31-29-40(2)53-25-15-16-27-56(53)58/h7-27,30,32-33,36-40,43,46H,28-29,31,34-35,58H2,1-6H3/b42-36+,51-32-,57-44-/t39-,40?,43?/m1/s1. The zero-order valence-electron chi connectivity index (χ0n) is 35.5. The highest BCUT2D eigenvalue weighted by atomic mass is 14.6. The Hall–Kier alpha value is -5.66. The summed E-state index contributed by atoms with van der Waals surface area (Å²) in [5, 5.41) is 0. The van der Waals surface area contributed by atoms with Gasteiger partial charge in [-0.3, -0.25) is 0 Å². The summed E-state index contributed by atoms with van der Waals surface area (Å²) >= 11 is 0. The minimum Gasteiger partial charge on any atom is -0.398 e. The molecule has 58 heavy (non-hydrogen) atoms. The number of benzene rings is 6. The third-order valence-electron chi connectivity index (χ3n) is 12.8. The number of para-hydroxylation sites is 1. The quantitative estimate of drug-likeness (QED) is 0.0819. The molecular weight excluding hydrogens is 699 g/mol. The number of rotatable bonds is 15. The molecule has 1 aliphatic carbocycles. The summed E-state index contributed by atoms with van der Waals surface area (Å²) in [4.78, 5) is 0. The number of nitrogens with two attached hydrogens (primary N) is 1. The summed E-state index contributed by atoms with van der Waals surface area (Å²) in [7, 11) is 0.